The predicted octanol–water partition coefficient (Wildman–Crippen LogP) is 3.49. The fourth-order valence-electron chi connectivity index (χ4n) is 1.51. The van der Waals surface area contributed by atoms with Gasteiger partial charge < -0.3 is 4.74 Å². The molecule has 0 radical (unpaired) electrons. The van der Waals surface area contributed by atoms with Gasteiger partial charge in [0.05, 0.1) is 0 Å². The van der Waals surface area contributed by atoms with E-state index in [1.165, 1.54) is 0 Å². The number of anilines is 1. The van der Waals surface area contributed by atoms with Gasteiger partial charge in [0.2, 0.25) is 0 Å². The molecule has 84 valence electrons. The van der Waals surface area contributed by atoms with Crippen molar-refractivity contribution in [3.63, 3.8) is 0 Å². The van der Waals surface area contributed by atoms with Crippen molar-refractivity contribution in [3.8, 4) is 0 Å². The molecule has 1 heterocycles. The molecule has 1 aliphatic heterocycles. The minimum atomic E-state index is -2.80. The first-order valence-electron chi connectivity index (χ1n) is 4.93. The average Bonchev–Trinajstić information content (AvgIpc) is 2.30. The lowest BCUT2D eigenvalue weighted by atomic mass is 10.2. The van der Waals surface area contributed by atoms with Crippen LogP contribution in [0.5, 0.6) is 0 Å². The van der Waals surface area contributed by atoms with Gasteiger partial charge >= 0.3 is 6.61 Å². The molecule has 0 amide bonds. The van der Waals surface area contributed by atoms with Crippen LogP contribution in [0.2, 0.25) is 0 Å². The average molecular weight is 223 g/mol. The fraction of sp³-hybridized carbons (Fsp3) is 0.167. The third kappa shape index (κ3) is 2.39. The van der Waals surface area contributed by atoms with Gasteiger partial charge in [-0.25, -0.2) is 0 Å². The van der Waals surface area contributed by atoms with Crippen LogP contribution in [-0.4, -0.2) is 6.61 Å². The highest BCUT2D eigenvalue weighted by Crippen LogP contribution is 2.24. The Kier molecular flexibility index (Phi) is 3.19. The molecule has 2 rings (SSSR count). The minimum Gasteiger partial charge on any atom is -0.419 e. The van der Waals surface area contributed by atoms with Gasteiger partial charge in [-0.05, 0) is 24.6 Å². The Bertz CT molecular complexity index is 401. The molecule has 4 heteroatoms. The molecular formula is C12H11F2NO. The summed E-state index contributed by atoms with van der Waals surface area (Å²) in [7, 11) is 0. The molecule has 0 aromatic heterocycles. The summed E-state index contributed by atoms with van der Waals surface area (Å²) in [5.41, 5.74) is 0.797. The van der Waals surface area contributed by atoms with Crippen LogP contribution in [0.4, 0.5) is 14.5 Å². The van der Waals surface area contributed by atoms with E-state index < -0.39 is 6.61 Å². The van der Waals surface area contributed by atoms with Gasteiger partial charge in [0.25, 0.3) is 0 Å². The zero-order valence-electron chi connectivity index (χ0n) is 8.51. The second-order valence-corrected chi connectivity index (χ2v) is 3.25. The second kappa shape index (κ2) is 4.79. The number of benzene rings is 1. The van der Waals surface area contributed by atoms with Crippen LogP contribution in [0.3, 0.4) is 0 Å². The Morgan fingerprint density at radius 2 is 1.94 bits per heavy atom. The number of hydrogen-bond acceptors (Lipinski definition) is 2. The smallest absolute Gasteiger partial charge is 0.388 e. The number of rotatable bonds is 3. The van der Waals surface area contributed by atoms with E-state index in [1.54, 1.807) is 17.2 Å². The quantitative estimate of drug-likeness (QED) is 0.777. The van der Waals surface area contributed by atoms with Gasteiger partial charge in [-0.15, -0.1) is 0 Å². The normalized spacial score (nSPS) is 15.2. The van der Waals surface area contributed by atoms with E-state index >= 15 is 0 Å². The Labute approximate surface area is 92.4 Å². The lowest BCUT2D eigenvalue weighted by molar-refractivity contribution is -0.0972. The summed E-state index contributed by atoms with van der Waals surface area (Å²) >= 11 is 0. The molecule has 0 aliphatic carbocycles. The highest BCUT2D eigenvalue weighted by atomic mass is 19.3. The molecule has 0 saturated heterocycles. The molecule has 0 unspecified atom stereocenters. The van der Waals surface area contributed by atoms with Crippen molar-refractivity contribution in [1.29, 1.82) is 0 Å². The zero-order valence-corrected chi connectivity index (χ0v) is 8.51. The number of para-hydroxylation sites is 1. The Balaban J connectivity index is 2.21. The van der Waals surface area contributed by atoms with Crippen LogP contribution in [0, 0.1) is 0 Å². The van der Waals surface area contributed by atoms with Gasteiger partial charge in [-0.3, -0.25) is 4.90 Å². The van der Waals surface area contributed by atoms with Crippen molar-refractivity contribution in [2.75, 3.05) is 4.90 Å². The van der Waals surface area contributed by atoms with E-state index in [0.717, 1.165) is 5.69 Å². The molecule has 0 spiro atoms. The highest BCUT2D eigenvalue weighted by molar-refractivity contribution is 5.54. The van der Waals surface area contributed by atoms with Gasteiger partial charge in [0.1, 0.15) is 0 Å². The molecule has 1 aromatic rings. The van der Waals surface area contributed by atoms with Crippen LogP contribution < -0.4 is 4.90 Å². The van der Waals surface area contributed by atoms with Gasteiger partial charge in [0, 0.05) is 11.9 Å². The minimum absolute atomic E-state index is 0.170. The standard InChI is InChI=1S/C12H11F2NO/c13-12(14)16-11-8-4-5-9-15(11)10-6-2-1-3-7-10/h1-3,5-9,12H,4H2. The van der Waals surface area contributed by atoms with Crippen LogP contribution in [-0.2, 0) is 4.74 Å². The molecular weight excluding hydrogens is 212 g/mol. The number of alkyl halides is 2. The van der Waals surface area contributed by atoms with E-state index in [2.05, 4.69) is 4.74 Å². The molecule has 1 aliphatic rings. The van der Waals surface area contributed by atoms with Gasteiger partial charge in [0.15, 0.2) is 5.88 Å². The number of ether oxygens (including phenoxy) is 1. The Morgan fingerprint density at radius 1 is 1.19 bits per heavy atom. The van der Waals surface area contributed by atoms with Crippen molar-refractivity contribution >= 4 is 5.69 Å². The third-order valence-corrected chi connectivity index (χ3v) is 2.16. The van der Waals surface area contributed by atoms with Crippen molar-refractivity contribution in [2.24, 2.45) is 0 Å². The van der Waals surface area contributed by atoms with Crippen LogP contribution in [0.15, 0.2) is 54.6 Å². The molecule has 1 aromatic carbocycles. The number of hydrogen-bond donors (Lipinski definition) is 0. The summed E-state index contributed by atoms with van der Waals surface area (Å²) in [5, 5.41) is 0. The summed E-state index contributed by atoms with van der Waals surface area (Å²) in [6, 6.07) is 9.22. The second-order valence-electron chi connectivity index (χ2n) is 3.25. The monoisotopic (exact) mass is 223 g/mol. The molecule has 16 heavy (non-hydrogen) atoms. The maximum absolute atomic E-state index is 12.2. The number of allylic oxidation sites excluding steroid dienone is 2. The molecule has 0 bridgehead atoms. The molecule has 2 nitrogen and oxygen atoms in total. The predicted molar refractivity (Wildman–Crippen MR) is 57.9 cm³/mol. The van der Waals surface area contributed by atoms with Gasteiger partial charge in [-0.1, -0.05) is 24.3 Å². The Hall–Kier alpha value is -1.84. The molecule has 0 saturated carbocycles. The summed E-state index contributed by atoms with van der Waals surface area (Å²) in [5.74, 6) is 0.170. The van der Waals surface area contributed by atoms with Crippen molar-refractivity contribution in [3.05, 3.63) is 54.6 Å². The third-order valence-electron chi connectivity index (χ3n) is 2.16. The van der Waals surface area contributed by atoms with E-state index in [1.807, 2.05) is 36.4 Å². The summed E-state index contributed by atoms with van der Waals surface area (Å²) in [4.78, 5) is 1.59. The highest BCUT2D eigenvalue weighted by Gasteiger charge is 2.16. The van der Waals surface area contributed by atoms with E-state index in [9.17, 15) is 8.78 Å². The largest absolute Gasteiger partial charge is 0.419 e. The van der Waals surface area contributed by atoms with E-state index in [-0.39, 0.29) is 5.88 Å². The molecule has 0 atom stereocenters. The molecule has 0 fully saturated rings. The molecule has 0 N–H and O–H groups in total. The maximum Gasteiger partial charge on any atom is 0.388 e. The number of halogens is 2. The van der Waals surface area contributed by atoms with Crippen LogP contribution in [0.1, 0.15) is 6.42 Å². The van der Waals surface area contributed by atoms with Crippen molar-refractivity contribution < 1.29 is 13.5 Å². The maximum atomic E-state index is 12.2. The zero-order chi connectivity index (χ0) is 11.4. The van der Waals surface area contributed by atoms with E-state index in [4.69, 9.17) is 0 Å². The van der Waals surface area contributed by atoms with Crippen molar-refractivity contribution in [2.45, 2.75) is 13.0 Å². The first-order chi connectivity index (χ1) is 7.77. The lowest BCUT2D eigenvalue weighted by Gasteiger charge is -2.25. The van der Waals surface area contributed by atoms with Gasteiger partial charge in [-0.2, -0.15) is 8.78 Å². The van der Waals surface area contributed by atoms with Crippen molar-refractivity contribution in [1.82, 2.24) is 0 Å². The van der Waals surface area contributed by atoms with E-state index in [0.29, 0.717) is 6.42 Å². The topological polar surface area (TPSA) is 12.5 Å². The summed E-state index contributed by atoms with van der Waals surface area (Å²) in [6.07, 6.45) is 5.84. The first-order valence-corrected chi connectivity index (χ1v) is 4.93. The van der Waals surface area contributed by atoms with Crippen LogP contribution in [0.25, 0.3) is 0 Å². The number of nitrogens with zero attached hydrogens (tertiary/aromatic N) is 1. The first kappa shape index (κ1) is 10.7. The lowest BCUT2D eigenvalue weighted by Crippen LogP contribution is -2.21. The summed E-state index contributed by atoms with van der Waals surface area (Å²) < 4.78 is 28.8. The van der Waals surface area contributed by atoms with Crippen LogP contribution >= 0.6 is 0 Å². The summed E-state index contributed by atoms with van der Waals surface area (Å²) in [6.45, 7) is -2.80. The fourth-order valence-corrected chi connectivity index (χ4v) is 1.51. The SMILES string of the molecule is FC(F)OC1=CCC=CN1c1ccccc1. The Morgan fingerprint density at radius 3 is 2.62 bits per heavy atom.